The zero-order valence-electron chi connectivity index (χ0n) is 10.6. The fourth-order valence-corrected chi connectivity index (χ4v) is 1.66. The lowest BCUT2D eigenvalue weighted by atomic mass is 10.0. The highest BCUT2D eigenvalue weighted by Crippen LogP contribution is 2.07. The van der Waals surface area contributed by atoms with E-state index in [0.717, 1.165) is 6.26 Å². The first kappa shape index (κ1) is 16.6. The molecule has 8 nitrogen and oxygen atoms in total. The number of sulfonamides is 1. The van der Waals surface area contributed by atoms with Crippen molar-refractivity contribution in [3.8, 4) is 0 Å². The lowest BCUT2D eigenvalue weighted by Gasteiger charge is -2.24. The van der Waals surface area contributed by atoms with Gasteiger partial charge in [-0.15, -0.1) is 0 Å². The van der Waals surface area contributed by atoms with Crippen LogP contribution in [0.15, 0.2) is 0 Å². The van der Waals surface area contributed by atoms with Crippen LogP contribution < -0.4 is 15.4 Å². The summed E-state index contributed by atoms with van der Waals surface area (Å²) in [6.07, 6.45) is 0.811. The van der Waals surface area contributed by atoms with Gasteiger partial charge in [0, 0.05) is 18.6 Å². The number of urea groups is 1. The number of nitrogens with one attached hydrogen (secondary N) is 3. The molecule has 0 saturated carbocycles. The van der Waals surface area contributed by atoms with Crippen molar-refractivity contribution in [1.82, 2.24) is 15.4 Å². The Morgan fingerprint density at radius 2 is 1.78 bits per heavy atom. The second kappa shape index (κ2) is 6.55. The van der Waals surface area contributed by atoms with Crippen LogP contribution in [0.3, 0.4) is 0 Å². The Labute approximate surface area is 106 Å². The minimum absolute atomic E-state index is 0.0750. The molecule has 2 amide bonds. The van der Waals surface area contributed by atoms with Crippen LogP contribution in [0.5, 0.6) is 0 Å². The normalized spacial score (nSPS) is 11.9. The predicted molar refractivity (Wildman–Crippen MR) is 65.7 cm³/mol. The van der Waals surface area contributed by atoms with Crippen LogP contribution in [0, 0.1) is 0 Å². The molecular formula is C9H19N3O5S. The number of hydrogen-bond donors (Lipinski definition) is 4. The molecule has 0 aromatic rings. The van der Waals surface area contributed by atoms with E-state index in [1.165, 1.54) is 0 Å². The van der Waals surface area contributed by atoms with E-state index in [1.54, 1.807) is 13.8 Å². The van der Waals surface area contributed by atoms with Gasteiger partial charge in [0.15, 0.2) is 0 Å². The summed E-state index contributed by atoms with van der Waals surface area (Å²) in [4.78, 5) is 21.9. The van der Waals surface area contributed by atoms with Gasteiger partial charge < -0.3 is 15.7 Å². The molecule has 0 rings (SSSR count). The number of carboxylic acid groups (broad SMARTS) is 1. The highest BCUT2D eigenvalue weighted by atomic mass is 32.2. The van der Waals surface area contributed by atoms with Crippen LogP contribution in [0.1, 0.15) is 20.3 Å². The zero-order valence-corrected chi connectivity index (χ0v) is 11.4. The van der Waals surface area contributed by atoms with E-state index in [-0.39, 0.29) is 19.5 Å². The smallest absolute Gasteiger partial charge is 0.315 e. The monoisotopic (exact) mass is 281 g/mol. The topological polar surface area (TPSA) is 125 Å². The zero-order chi connectivity index (χ0) is 14.4. The van der Waals surface area contributed by atoms with Crippen molar-refractivity contribution in [1.29, 1.82) is 0 Å². The maximum atomic E-state index is 11.4. The first-order valence-electron chi connectivity index (χ1n) is 5.24. The molecule has 0 saturated heterocycles. The van der Waals surface area contributed by atoms with Gasteiger partial charge in [0.05, 0.1) is 12.7 Å². The molecule has 0 radical (unpaired) electrons. The minimum Gasteiger partial charge on any atom is -0.481 e. The molecule has 0 unspecified atom stereocenters. The molecule has 9 heteroatoms. The van der Waals surface area contributed by atoms with Crippen molar-refractivity contribution in [2.75, 3.05) is 19.3 Å². The summed E-state index contributed by atoms with van der Waals surface area (Å²) in [5, 5.41) is 13.5. The number of rotatable bonds is 7. The molecule has 0 aromatic carbocycles. The molecule has 4 N–H and O–H groups in total. The van der Waals surface area contributed by atoms with Gasteiger partial charge in [-0.25, -0.2) is 17.9 Å². The first-order chi connectivity index (χ1) is 8.02. The van der Waals surface area contributed by atoms with Crippen molar-refractivity contribution >= 4 is 22.0 Å². The predicted octanol–water partition coefficient (Wildman–Crippen LogP) is -0.912. The van der Waals surface area contributed by atoms with Crippen LogP contribution in [-0.2, 0) is 14.8 Å². The molecule has 18 heavy (non-hydrogen) atoms. The van der Waals surface area contributed by atoms with Crippen molar-refractivity contribution in [3.63, 3.8) is 0 Å². The summed E-state index contributed by atoms with van der Waals surface area (Å²) in [6.45, 7) is 3.35. The van der Waals surface area contributed by atoms with Gasteiger partial charge in [-0.05, 0) is 13.8 Å². The Morgan fingerprint density at radius 1 is 1.22 bits per heavy atom. The quantitative estimate of drug-likeness (QED) is 0.450. The van der Waals surface area contributed by atoms with E-state index >= 15 is 0 Å². The Hall–Kier alpha value is -1.35. The molecule has 0 bridgehead atoms. The molecule has 0 aliphatic heterocycles. The van der Waals surface area contributed by atoms with Crippen LogP contribution in [0.2, 0.25) is 0 Å². The molecule has 0 aliphatic carbocycles. The summed E-state index contributed by atoms with van der Waals surface area (Å²) >= 11 is 0. The summed E-state index contributed by atoms with van der Waals surface area (Å²) in [5.41, 5.74) is -0.875. The number of amides is 2. The average molecular weight is 281 g/mol. The highest BCUT2D eigenvalue weighted by molar-refractivity contribution is 7.88. The average Bonchev–Trinajstić information content (AvgIpc) is 2.07. The minimum atomic E-state index is -3.27. The van der Waals surface area contributed by atoms with E-state index in [4.69, 9.17) is 5.11 Å². The van der Waals surface area contributed by atoms with Crippen LogP contribution in [0.25, 0.3) is 0 Å². The fraction of sp³-hybridized carbons (Fsp3) is 0.778. The number of carbonyl (C=O) groups excluding carboxylic acids is 1. The SMILES string of the molecule is CC(C)(CC(=O)O)NC(=O)NCCNS(C)(=O)=O. The largest absolute Gasteiger partial charge is 0.481 e. The molecule has 0 spiro atoms. The molecule has 0 aliphatic rings. The molecule has 106 valence electrons. The standard InChI is InChI=1S/C9H19N3O5S/c1-9(2,6-7(13)14)12-8(15)10-4-5-11-18(3,16)17/h11H,4-6H2,1-3H3,(H,13,14)(H2,10,12,15). The maximum absolute atomic E-state index is 11.4. The van der Waals surface area contributed by atoms with Gasteiger partial charge in [0.25, 0.3) is 0 Å². The maximum Gasteiger partial charge on any atom is 0.315 e. The van der Waals surface area contributed by atoms with E-state index in [1.807, 2.05) is 0 Å². The van der Waals surface area contributed by atoms with Gasteiger partial charge in [-0.3, -0.25) is 4.79 Å². The van der Waals surface area contributed by atoms with Crippen molar-refractivity contribution in [2.24, 2.45) is 0 Å². The lowest BCUT2D eigenvalue weighted by Crippen LogP contribution is -2.50. The molecule has 0 heterocycles. The number of aliphatic carboxylic acids is 1. The van der Waals surface area contributed by atoms with Gasteiger partial charge in [-0.2, -0.15) is 0 Å². The first-order valence-corrected chi connectivity index (χ1v) is 7.13. The van der Waals surface area contributed by atoms with Gasteiger partial charge >= 0.3 is 12.0 Å². The fourth-order valence-electron chi connectivity index (χ4n) is 1.19. The van der Waals surface area contributed by atoms with Crippen LogP contribution in [-0.4, -0.2) is 50.4 Å². The Kier molecular flexibility index (Phi) is 6.06. The number of hydrogen-bond acceptors (Lipinski definition) is 4. The third-order valence-corrected chi connectivity index (χ3v) is 2.55. The number of carboxylic acids is 1. The summed E-state index contributed by atoms with van der Waals surface area (Å²) < 4.78 is 23.7. The second-order valence-corrected chi connectivity index (χ2v) is 6.33. The van der Waals surface area contributed by atoms with Crippen molar-refractivity contribution in [3.05, 3.63) is 0 Å². The van der Waals surface area contributed by atoms with Gasteiger partial charge in [0.2, 0.25) is 10.0 Å². The Bertz CT molecular complexity index is 404. The van der Waals surface area contributed by atoms with E-state index in [9.17, 15) is 18.0 Å². The molecule has 0 fully saturated rings. The van der Waals surface area contributed by atoms with Crippen LogP contribution in [0.4, 0.5) is 4.79 Å². The van der Waals surface area contributed by atoms with Gasteiger partial charge in [-0.1, -0.05) is 0 Å². The summed E-state index contributed by atoms with van der Waals surface area (Å²) in [5.74, 6) is -1.01. The van der Waals surface area contributed by atoms with E-state index in [0.29, 0.717) is 0 Å². The third kappa shape index (κ3) is 9.85. The van der Waals surface area contributed by atoms with E-state index in [2.05, 4.69) is 15.4 Å². The molecule has 0 aromatic heterocycles. The van der Waals surface area contributed by atoms with Gasteiger partial charge in [0.1, 0.15) is 0 Å². The third-order valence-electron chi connectivity index (χ3n) is 1.82. The molecule has 0 atom stereocenters. The van der Waals surface area contributed by atoms with Crippen molar-refractivity contribution in [2.45, 2.75) is 25.8 Å². The van der Waals surface area contributed by atoms with Crippen molar-refractivity contribution < 1.29 is 23.1 Å². The summed E-state index contributed by atoms with van der Waals surface area (Å²) in [6, 6.07) is -0.545. The highest BCUT2D eigenvalue weighted by Gasteiger charge is 2.23. The number of carbonyl (C=O) groups is 2. The summed E-state index contributed by atoms with van der Waals surface area (Å²) in [7, 11) is -3.27. The lowest BCUT2D eigenvalue weighted by molar-refractivity contribution is -0.138. The Balaban J connectivity index is 3.94. The van der Waals surface area contributed by atoms with E-state index < -0.39 is 27.6 Å². The molecular weight excluding hydrogens is 262 g/mol. The van der Waals surface area contributed by atoms with Crippen LogP contribution >= 0.6 is 0 Å². The Morgan fingerprint density at radius 3 is 2.22 bits per heavy atom. The second-order valence-electron chi connectivity index (χ2n) is 4.50.